The van der Waals surface area contributed by atoms with E-state index in [-0.39, 0.29) is 30.0 Å². The van der Waals surface area contributed by atoms with E-state index in [4.69, 9.17) is 25.8 Å². The molecule has 13 atom stereocenters. The number of ether oxygens (including phenoxy) is 3. The number of halogens is 1. The van der Waals surface area contributed by atoms with E-state index in [9.17, 15) is 15.3 Å². The number of aromatic amines is 1. The van der Waals surface area contributed by atoms with Gasteiger partial charge in [-0.25, -0.2) is 0 Å². The van der Waals surface area contributed by atoms with Crippen LogP contribution in [0, 0.1) is 23.2 Å². The van der Waals surface area contributed by atoms with Crippen molar-refractivity contribution in [3.8, 4) is 0 Å². The predicted molar refractivity (Wildman–Crippen MR) is 169 cm³/mol. The molecule has 2 aromatic rings. The number of fused-ring (bicyclic) bond motifs is 5. The number of hydrogen-bond acceptors (Lipinski definition) is 6. The van der Waals surface area contributed by atoms with Crippen LogP contribution in [-0.4, -0.2) is 61.5 Å². The average molecular weight is 634 g/mol. The molecule has 1 spiro atoms. The van der Waals surface area contributed by atoms with E-state index < -0.39 is 51.5 Å². The van der Waals surface area contributed by atoms with Crippen molar-refractivity contribution in [3.63, 3.8) is 0 Å². The SMILES string of the molecule is C=C(C)C1OC2CCC3(C)C4(C)c5[nH]c6cc(Cl)c7c8c6c5C(OC(C)(C)C5CC(C(=C)C7)C85O)C4CCC3(O)C23OC3C1O. The maximum absolute atomic E-state index is 13.2. The highest BCUT2D eigenvalue weighted by Gasteiger charge is 2.87. The second kappa shape index (κ2) is 7.78. The van der Waals surface area contributed by atoms with Gasteiger partial charge in [-0.05, 0) is 82.1 Å². The van der Waals surface area contributed by atoms with Crippen molar-refractivity contribution in [2.75, 3.05) is 0 Å². The van der Waals surface area contributed by atoms with Crippen molar-refractivity contribution >= 4 is 22.5 Å². The van der Waals surface area contributed by atoms with Crippen LogP contribution in [0.15, 0.2) is 30.4 Å². The largest absolute Gasteiger partial charge is 0.387 e. The third-order valence-electron chi connectivity index (χ3n) is 15.2. The summed E-state index contributed by atoms with van der Waals surface area (Å²) in [4.78, 5) is 3.87. The molecule has 45 heavy (non-hydrogen) atoms. The summed E-state index contributed by atoms with van der Waals surface area (Å²) < 4.78 is 20.4. The summed E-state index contributed by atoms with van der Waals surface area (Å²) in [7, 11) is 0. The quantitative estimate of drug-likeness (QED) is 0.238. The van der Waals surface area contributed by atoms with E-state index in [1.165, 1.54) is 0 Å². The molecular formula is C37H44ClNO6. The minimum atomic E-state index is -1.24. The molecule has 0 radical (unpaired) electrons. The predicted octanol–water partition coefficient (Wildman–Crippen LogP) is 5.66. The summed E-state index contributed by atoms with van der Waals surface area (Å²) >= 11 is 7.06. The zero-order valence-corrected chi connectivity index (χ0v) is 27.6. The molecule has 4 N–H and O–H groups in total. The van der Waals surface area contributed by atoms with Gasteiger partial charge in [-0.2, -0.15) is 0 Å². The van der Waals surface area contributed by atoms with Gasteiger partial charge in [0, 0.05) is 55.8 Å². The molecule has 3 saturated carbocycles. The lowest BCUT2D eigenvalue weighted by Crippen LogP contribution is -2.76. The number of H-pyrrole nitrogens is 1. The van der Waals surface area contributed by atoms with Gasteiger partial charge in [-0.3, -0.25) is 0 Å². The van der Waals surface area contributed by atoms with Crippen LogP contribution in [0.25, 0.3) is 10.9 Å². The average Bonchev–Trinajstić information content (AvgIpc) is 3.55. The number of hydrogen-bond donors (Lipinski definition) is 4. The molecule has 10 rings (SSSR count). The topological polar surface area (TPSA) is 107 Å². The van der Waals surface area contributed by atoms with E-state index in [0.29, 0.717) is 24.3 Å². The molecule has 7 nitrogen and oxygen atoms in total. The molecule has 2 saturated heterocycles. The summed E-state index contributed by atoms with van der Waals surface area (Å²) in [5.41, 5.74) is 1.86. The Morgan fingerprint density at radius 2 is 1.87 bits per heavy atom. The van der Waals surface area contributed by atoms with Gasteiger partial charge in [-0.15, -0.1) is 0 Å². The smallest absolute Gasteiger partial charge is 0.153 e. The first-order chi connectivity index (χ1) is 21.1. The molecule has 4 heterocycles. The van der Waals surface area contributed by atoms with Gasteiger partial charge in [0.2, 0.25) is 0 Å². The number of rotatable bonds is 1. The third-order valence-corrected chi connectivity index (χ3v) is 15.5. The Morgan fingerprint density at radius 1 is 1.11 bits per heavy atom. The summed E-state index contributed by atoms with van der Waals surface area (Å²) in [5.74, 6) is -0.0241. The van der Waals surface area contributed by atoms with E-state index in [2.05, 4.69) is 45.8 Å². The number of aliphatic hydroxyl groups excluding tert-OH is 1. The van der Waals surface area contributed by atoms with E-state index in [1.54, 1.807) is 0 Å². The second-order valence-corrected chi connectivity index (χ2v) is 17.4. The molecule has 0 bridgehead atoms. The minimum absolute atomic E-state index is 0.0254. The molecule has 13 unspecified atom stereocenters. The third kappa shape index (κ3) is 2.64. The van der Waals surface area contributed by atoms with Crippen molar-refractivity contribution < 1.29 is 29.5 Å². The van der Waals surface area contributed by atoms with Gasteiger partial charge in [0.05, 0.1) is 17.8 Å². The monoisotopic (exact) mass is 633 g/mol. The highest BCUT2D eigenvalue weighted by molar-refractivity contribution is 6.32. The van der Waals surface area contributed by atoms with Crippen LogP contribution >= 0.6 is 11.6 Å². The zero-order chi connectivity index (χ0) is 31.6. The van der Waals surface area contributed by atoms with Gasteiger partial charge >= 0.3 is 0 Å². The number of epoxide rings is 1. The van der Waals surface area contributed by atoms with Gasteiger partial charge in [-0.1, -0.05) is 44.2 Å². The van der Waals surface area contributed by atoms with E-state index in [0.717, 1.165) is 63.7 Å². The molecule has 1 aromatic heterocycles. The molecule has 8 aliphatic rings. The zero-order valence-electron chi connectivity index (χ0n) is 26.8. The Bertz CT molecular complexity index is 1800. The Morgan fingerprint density at radius 3 is 2.60 bits per heavy atom. The Balaban J connectivity index is 1.21. The molecular weight excluding hydrogens is 590 g/mol. The van der Waals surface area contributed by atoms with Crippen molar-refractivity contribution in [1.82, 2.24) is 4.98 Å². The number of aromatic nitrogens is 1. The Kier molecular flexibility index (Phi) is 4.89. The summed E-state index contributed by atoms with van der Waals surface area (Å²) in [6.45, 7) is 19.2. The fourth-order valence-electron chi connectivity index (χ4n) is 12.9. The van der Waals surface area contributed by atoms with Crippen molar-refractivity contribution in [1.29, 1.82) is 0 Å². The molecule has 0 amide bonds. The lowest BCUT2D eigenvalue weighted by molar-refractivity contribution is -0.281. The maximum Gasteiger partial charge on any atom is 0.153 e. The van der Waals surface area contributed by atoms with Crippen molar-refractivity contribution in [3.05, 3.63) is 57.8 Å². The normalized spacial score (nSPS) is 52.5. The van der Waals surface area contributed by atoms with Crippen LogP contribution in [0.2, 0.25) is 5.02 Å². The number of nitrogens with one attached hydrogen (secondary N) is 1. The lowest BCUT2D eigenvalue weighted by atomic mass is 9.40. The number of benzene rings is 1. The van der Waals surface area contributed by atoms with E-state index in [1.807, 2.05) is 13.0 Å². The Hall–Kier alpha value is -1.71. The highest BCUT2D eigenvalue weighted by atomic mass is 35.5. The van der Waals surface area contributed by atoms with Crippen LogP contribution < -0.4 is 0 Å². The highest BCUT2D eigenvalue weighted by Crippen LogP contribution is 2.78. The molecule has 5 fully saturated rings. The number of aliphatic hydroxyl groups is 3. The summed E-state index contributed by atoms with van der Waals surface area (Å²) in [6, 6.07) is 2.02. The van der Waals surface area contributed by atoms with E-state index >= 15 is 0 Å². The Labute approximate surface area is 269 Å². The molecule has 1 aromatic carbocycles. The van der Waals surface area contributed by atoms with Gasteiger partial charge in [0.1, 0.15) is 29.5 Å². The molecule has 3 aliphatic heterocycles. The maximum atomic E-state index is 13.2. The van der Waals surface area contributed by atoms with Gasteiger partial charge in [0.15, 0.2) is 5.60 Å². The van der Waals surface area contributed by atoms with Gasteiger partial charge < -0.3 is 34.5 Å². The first-order valence-electron chi connectivity index (χ1n) is 16.9. The summed E-state index contributed by atoms with van der Waals surface area (Å²) in [6.07, 6.45) is 1.83. The van der Waals surface area contributed by atoms with Crippen LogP contribution in [0.1, 0.15) is 95.2 Å². The lowest BCUT2D eigenvalue weighted by Gasteiger charge is -2.66. The van der Waals surface area contributed by atoms with Crippen LogP contribution in [0.5, 0.6) is 0 Å². The van der Waals surface area contributed by atoms with Crippen molar-refractivity contribution in [2.24, 2.45) is 23.2 Å². The van der Waals surface area contributed by atoms with Gasteiger partial charge in [0.25, 0.3) is 0 Å². The molecule has 8 heteroatoms. The fraction of sp³-hybridized carbons (Fsp3) is 0.676. The second-order valence-electron chi connectivity index (χ2n) is 17.0. The first kappa shape index (κ1) is 28.3. The van der Waals surface area contributed by atoms with Crippen LogP contribution in [0.4, 0.5) is 0 Å². The van der Waals surface area contributed by atoms with Crippen molar-refractivity contribution in [2.45, 2.75) is 131 Å². The fourth-order valence-corrected chi connectivity index (χ4v) is 13.2. The minimum Gasteiger partial charge on any atom is -0.387 e. The first-order valence-corrected chi connectivity index (χ1v) is 17.3. The molecule has 240 valence electrons. The van der Waals surface area contributed by atoms with Crippen LogP contribution in [-0.2, 0) is 31.6 Å². The standard InChI is InChI=1S/C37H44ClNO6/c1-15(2)28-27(40)31-37(45-31)23(43-28)9-10-33(6)34(7)18(8-11-35(33,37)41)29-25-24-21(39-30(25)34)14-20(38)17-12-16(3)19-13-22(32(4,5)44-29)36(19,42)26(17)24/h14,18-19,22-23,27-29,31,39-42H,1,3,8-13H2,2,4-7H3. The summed E-state index contributed by atoms with van der Waals surface area (Å²) in [5, 5.41) is 39.1. The molecule has 5 aliphatic carbocycles. The van der Waals surface area contributed by atoms with Crippen LogP contribution in [0.3, 0.4) is 0 Å².